The molecule has 1 aromatic heterocycles. The molecule has 0 unspecified atom stereocenters. The molecule has 0 saturated heterocycles. The fraction of sp³-hybridized carbons (Fsp3) is 0.385. The molecule has 0 bridgehead atoms. The van der Waals surface area contributed by atoms with E-state index in [9.17, 15) is 4.79 Å². The van der Waals surface area contributed by atoms with E-state index < -0.39 is 5.97 Å². The summed E-state index contributed by atoms with van der Waals surface area (Å²) in [6.07, 6.45) is 2.58. The van der Waals surface area contributed by atoms with Gasteiger partial charge in [0.25, 0.3) is 0 Å². The zero-order valence-electron chi connectivity index (χ0n) is 11.4. The Morgan fingerprint density at radius 1 is 1.29 bits per heavy atom. The minimum atomic E-state index is -0.752. The number of hydrogen-bond donors (Lipinski definition) is 2. The van der Waals surface area contributed by atoms with E-state index in [0.29, 0.717) is 17.8 Å². The van der Waals surface area contributed by atoms with Crippen LogP contribution in [0.4, 0.5) is 0 Å². The minimum Gasteiger partial charge on any atom is -0.494 e. The SMILES string of the molecule is O=C(O)CCCCCOc1ccc(-n2nn[nH]c2=S)cc1. The number of hydrogen-bond acceptors (Lipinski definition) is 5. The van der Waals surface area contributed by atoms with Gasteiger partial charge >= 0.3 is 5.97 Å². The highest BCUT2D eigenvalue weighted by atomic mass is 32.1. The second-order valence-electron chi connectivity index (χ2n) is 4.46. The highest BCUT2D eigenvalue weighted by Gasteiger charge is 2.01. The van der Waals surface area contributed by atoms with E-state index in [1.807, 2.05) is 24.3 Å². The average molecular weight is 308 g/mol. The summed E-state index contributed by atoms with van der Waals surface area (Å²) < 4.78 is 7.54. The van der Waals surface area contributed by atoms with Crippen molar-refractivity contribution in [3.63, 3.8) is 0 Å². The van der Waals surface area contributed by atoms with Gasteiger partial charge in [-0.05, 0) is 66.2 Å². The van der Waals surface area contributed by atoms with E-state index in [4.69, 9.17) is 22.1 Å². The summed E-state index contributed by atoms with van der Waals surface area (Å²) in [5.74, 6) is 0.00460. The molecule has 7 nitrogen and oxygen atoms in total. The molecule has 112 valence electrons. The minimum absolute atomic E-state index is 0.215. The summed E-state index contributed by atoms with van der Waals surface area (Å²) in [6.45, 7) is 0.572. The summed E-state index contributed by atoms with van der Waals surface area (Å²) in [4.78, 5) is 10.4. The lowest BCUT2D eigenvalue weighted by atomic mass is 10.2. The molecule has 0 saturated carbocycles. The van der Waals surface area contributed by atoms with Crippen LogP contribution in [0.1, 0.15) is 25.7 Å². The second-order valence-corrected chi connectivity index (χ2v) is 4.85. The Hall–Kier alpha value is -2.22. The highest BCUT2D eigenvalue weighted by molar-refractivity contribution is 7.71. The summed E-state index contributed by atoms with van der Waals surface area (Å²) in [5.41, 5.74) is 0.808. The molecule has 0 aliphatic heterocycles. The molecule has 1 aromatic carbocycles. The Morgan fingerprint density at radius 3 is 2.67 bits per heavy atom. The maximum atomic E-state index is 10.4. The Kier molecular flexibility index (Phi) is 5.44. The van der Waals surface area contributed by atoms with Crippen LogP contribution in [-0.4, -0.2) is 37.9 Å². The zero-order chi connectivity index (χ0) is 15.1. The topological polar surface area (TPSA) is 93.0 Å². The Labute approximate surface area is 126 Å². The summed E-state index contributed by atoms with van der Waals surface area (Å²) in [7, 11) is 0. The molecular weight excluding hydrogens is 292 g/mol. The van der Waals surface area contributed by atoms with Crippen LogP contribution in [0.5, 0.6) is 5.75 Å². The van der Waals surface area contributed by atoms with Gasteiger partial charge in [0.15, 0.2) is 0 Å². The number of nitrogens with one attached hydrogen (secondary N) is 1. The van der Waals surface area contributed by atoms with Gasteiger partial charge in [0.2, 0.25) is 4.77 Å². The Morgan fingerprint density at radius 2 is 2.05 bits per heavy atom. The normalized spacial score (nSPS) is 10.5. The number of benzene rings is 1. The van der Waals surface area contributed by atoms with Crippen molar-refractivity contribution < 1.29 is 14.6 Å². The first-order valence-electron chi connectivity index (χ1n) is 6.62. The standard InChI is InChI=1S/C13H16N4O3S/c18-12(19)4-2-1-3-9-20-11-7-5-10(6-8-11)17-13(21)14-15-16-17/h5-8H,1-4,9H2,(H,18,19)(H,14,16,21). The van der Waals surface area contributed by atoms with Gasteiger partial charge in [0.1, 0.15) is 5.75 Å². The molecule has 1 heterocycles. The van der Waals surface area contributed by atoms with Gasteiger partial charge in [0, 0.05) is 6.42 Å². The van der Waals surface area contributed by atoms with Gasteiger partial charge in [-0.1, -0.05) is 0 Å². The van der Waals surface area contributed by atoms with Crippen molar-refractivity contribution in [2.24, 2.45) is 0 Å². The molecule has 2 N–H and O–H groups in total. The third-order valence-corrected chi connectivity index (χ3v) is 3.12. The molecule has 0 aliphatic carbocycles. The molecule has 21 heavy (non-hydrogen) atoms. The van der Waals surface area contributed by atoms with Gasteiger partial charge < -0.3 is 9.84 Å². The molecule has 2 aromatic rings. The monoisotopic (exact) mass is 308 g/mol. The lowest BCUT2D eigenvalue weighted by Crippen LogP contribution is -2.00. The zero-order valence-corrected chi connectivity index (χ0v) is 12.2. The van der Waals surface area contributed by atoms with Gasteiger partial charge in [-0.2, -0.15) is 4.68 Å². The molecule has 0 atom stereocenters. The number of unbranched alkanes of at least 4 members (excludes halogenated alkanes) is 2. The lowest BCUT2D eigenvalue weighted by molar-refractivity contribution is -0.137. The first kappa shape index (κ1) is 15.2. The van der Waals surface area contributed by atoms with Crippen molar-refractivity contribution in [1.29, 1.82) is 0 Å². The maximum absolute atomic E-state index is 10.4. The van der Waals surface area contributed by atoms with Crippen molar-refractivity contribution >= 4 is 18.2 Å². The second kappa shape index (κ2) is 7.53. The number of ether oxygens (including phenoxy) is 1. The highest BCUT2D eigenvalue weighted by Crippen LogP contribution is 2.15. The smallest absolute Gasteiger partial charge is 0.303 e. The van der Waals surface area contributed by atoms with Crippen molar-refractivity contribution in [3.8, 4) is 11.4 Å². The van der Waals surface area contributed by atoms with Crippen LogP contribution in [0.25, 0.3) is 5.69 Å². The average Bonchev–Trinajstić information content (AvgIpc) is 2.89. The number of rotatable bonds is 8. The van der Waals surface area contributed by atoms with Crippen LogP contribution in [-0.2, 0) is 4.79 Å². The Bertz CT molecular complexity index is 635. The van der Waals surface area contributed by atoms with Crippen LogP contribution >= 0.6 is 12.2 Å². The van der Waals surface area contributed by atoms with E-state index in [2.05, 4.69) is 15.5 Å². The van der Waals surface area contributed by atoms with Crippen LogP contribution in [0, 0.1) is 4.77 Å². The quantitative estimate of drug-likeness (QED) is 0.574. The number of aromatic amines is 1. The number of tetrazole rings is 1. The van der Waals surface area contributed by atoms with Crippen molar-refractivity contribution in [3.05, 3.63) is 29.0 Å². The first-order chi connectivity index (χ1) is 10.2. The largest absolute Gasteiger partial charge is 0.494 e. The van der Waals surface area contributed by atoms with E-state index in [0.717, 1.165) is 24.3 Å². The molecule has 0 aliphatic rings. The third-order valence-electron chi connectivity index (χ3n) is 2.86. The van der Waals surface area contributed by atoms with Crippen LogP contribution in [0.15, 0.2) is 24.3 Å². The number of H-pyrrole nitrogens is 1. The fourth-order valence-electron chi connectivity index (χ4n) is 1.80. The molecule has 0 radical (unpaired) electrons. The fourth-order valence-corrected chi connectivity index (χ4v) is 1.98. The van der Waals surface area contributed by atoms with Gasteiger partial charge in [-0.3, -0.25) is 4.79 Å². The number of aromatic nitrogens is 4. The van der Waals surface area contributed by atoms with E-state index >= 15 is 0 Å². The van der Waals surface area contributed by atoms with Crippen LogP contribution in [0.2, 0.25) is 0 Å². The van der Waals surface area contributed by atoms with Gasteiger partial charge in [-0.25, -0.2) is 5.10 Å². The summed E-state index contributed by atoms with van der Waals surface area (Å²) in [6, 6.07) is 7.36. The number of carboxylic acids is 1. The predicted molar refractivity (Wildman–Crippen MR) is 78.1 cm³/mol. The number of carboxylic acid groups (broad SMARTS) is 1. The van der Waals surface area contributed by atoms with Crippen molar-refractivity contribution in [1.82, 2.24) is 20.2 Å². The molecule has 0 spiro atoms. The van der Waals surface area contributed by atoms with E-state index in [-0.39, 0.29) is 6.42 Å². The molecule has 2 rings (SSSR count). The number of carbonyl (C=O) groups is 1. The molecule has 0 amide bonds. The van der Waals surface area contributed by atoms with Crippen LogP contribution in [0.3, 0.4) is 0 Å². The molecule has 0 fully saturated rings. The maximum Gasteiger partial charge on any atom is 0.303 e. The molecule has 8 heteroatoms. The van der Waals surface area contributed by atoms with Crippen molar-refractivity contribution in [2.75, 3.05) is 6.61 Å². The van der Waals surface area contributed by atoms with E-state index in [1.54, 1.807) is 0 Å². The number of aliphatic carboxylic acids is 1. The van der Waals surface area contributed by atoms with Gasteiger partial charge in [-0.15, -0.1) is 0 Å². The Balaban J connectivity index is 1.77. The summed E-state index contributed by atoms with van der Waals surface area (Å²) >= 11 is 5.04. The first-order valence-corrected chi connectivity index (χ1v) is 7.03. The van der Waals surface area contributed by atoms with Crippen molar-refractivity contribution in [2.45, 2.75) is 25.7 Å². The summed E-state index contributed by atoms with van der Waals surface area (Å²) in [5, 5.41) is 18.6. The van der Waals surface area contributed by atoms with Gasteiger partial charge in [0.05, 0.1) is 12.3 Å². The van der Waals surface area contributed by atoms with Crippen LogP contribution < -0.4 is 4.74 Å². The number of nitrogens with zero attached hydrogens (tertiary/aromatic N) is 3. The molecular formula is C13H16N4O3S. The van der Waals surface area contributed by atoms with E-state index in [1.165, 1.54) is 4.68 Å². The predicted octanol–water partition coefficient (Wildman–Crippen LogP) is 2.35. The lowest BCUT2D eigenvalue weighted by Gasteiger charge is -2.06. The third kappa shape index (κ3) is 4.67.